The molecule has 4 aliphatic rings. The minimum absolute atomic E-state index is 0.0566. The molecule has 102 valence electrons. The van der Waals surface area contributed by atoms with Crippen molar-refractivity contribution in [3.05, 3.63) is 0 Å². The molecule has 0 spiro atoms. The van der Waals surface area contributed by atoms with Gasteiger partial charge in [-0.1, -0.05) is 6.92 Å². The van der Waals surface area contributed by atoms with E-state index in [4.69, 9.17) is 5.73 Å². The minimum atomic E-state index is -0.0713. The van der Waals surface area contributed by atoms with Gasteiger partial charge in [0.05, 0.1) is 0 Å². The van der Waals surface area contributed by atoms with Crippen LogP contribution < -0.4 is 11.1 Å². The van der Waals surface area contributed by atoms with Gasteiger partial charge < -0.3 is 11.1 Å². The fraction of sp³-hybridized carbons (Fsp3) is 0.933. The van der Waals surface area contributed by atoms with E-state index in [1.54, 1.807) is 0 Å². The number of hydrogen-bond acceptors (Lipinski definition) is 2. The largest absolute Gasteiger partial charge is 0.350 e. The molecule has 4 aliphatic carbocycles. The van der Waals surface area contributed by atoms with Crippen LogP contribution in [0.4, 0.5) is 0 Å². The van der Waals surface area contributed by atoms with Crippen LogP contribution in [0, 0.1) is 23.7 Å². The second-order valence-electron chi connectivity index (χ2n) is 7.33. The van der Waals surface area contributed by atoms with Gasteiger partial charge >= 0.3 is 0 Å². The molecule has 4 fully saturated rings. The first-order valence-electron chi connectivity index (χ1n) is 7.55. The van der Waals surface area contributed by atoms with Gasteiger partial charge in [-0.2, -0.15) is 0 Å². The van der Waals surface area contributed by atoms with Crippen molar-refractivity contribution in [2.45, 2.75) is 64.0 Å². The smallest absolute Gasteiger partial charge is 0.224 e. The summed E-state index contributed by atoms with van der Waals surface area (Å²) in [5, 5.41) is 3.39. The number of hydrogen-bond donors (Lipinski definition) is 2. The van der Waals surface area contributed by atoms with Gasteiger partial charge in [0.25, 0.3) is 0 Å². The van der Waals surface area contributed by atoms with Gasteiger partial charge in [-0.25, -0.2) is 0 Å². The highest BCUT2D eigenvalue weighted by molar-refractivity contribution is 5.79. The average molecular weight is 250 g/mol. The number of carbonyl (C=O) groups is 1. The molecule has 0 aliphatic heterocycles. The van der Waals surface area contributed by atoms with Crippen molar-refractivity contribution in [1.82, 2.24) is 5.32 Å². The Morgan fingerprint density at radius 1 is 1.11 bits per heavy atom. The van der Waals surface area contributed by atoms with E-state index in [0.717, 1.165) is 17.8 Å². The number of nitrogens with one attached hydrogen (secondary N) is 1. The number of nitrogens with two attached hydrogens (primary N) is 1. The monoisotopic (exact) mass is 250 g/mol. The van der Waals surface area contributed by atoms with Crippen molar-refractivity contribution in [2.75, 3.05) is 0 Å². The van der Waals surface area contributed by atoms with E-state index >= 15 is 0 Å². The molecule has 0 aromatic rings. The normalized spacial score (nSPS) is 44.7. The summed E-state index contributed by atoms with van der Waals surface area (Å²) in [4.78, 5) is 12.3. The summed E-state index contributed by atoms with van der Waals surface area (Å²) in [6.07, 6.45) is 7.90. The van der Waals surface area contributed by atoms with Crippen LogP contribution in [-0.2, 0) is 4.79 Å². The molecule has 3 nitrogen and oxygen atoms in total. The summed E-state index contributed by atoms with van der Waals surface area (Å²) < 4.78 is 0. The maximum atomic E-state index is 12.3. The Labute approximate surface area is 110 Å². The van der Waals surface area contributed by atoms with Gasteiger partial charge in [-0.05, 0) is 63.2 Å². The van der Waals surface area contributed by atoms with Crippen LogP contribution in [-0.4, -0.2) is 17.5 Å². The van der Waals surface area contributed by atoms with Crippen LogP contribution in [0.1, 0.15) is 52.4 Å². The van der Waals surface area contributed by atoms with E-state index in [1.807, 2.05) is 13.8 Å². The zero-order chi connectivity index (χ0) is 12.9. The molecule has 3 N–H and O–H groups in total. The summed E-state index contributed by atoms with van der Waals surface area (Å²) in [5.41, 5.74) is 5.98. The standard InChI is InChI=1S/C15H26N2O/c1-9(10(2)16)14(18)17-15-6-11-3-12(7-15)5-13(4-11)8-15/h9-13H,3-8,16H2,1-2H3,(H,17,18). The van der Waals surface area contributed by atoms with Crippen LogP contribution in [0.3, 0.4) is 0 Å². The lowest BCUT2D eigenvalue weighted by Gasteiger charge is -2.57. The third kappa shape index (κ3) is 2.07. The maximum Gasteiger partial charge on any atom is 0.224 e. The highest BCUT2D eigenvalue weighted by Crippen LogP contribution is 2.55. The second kappa shape index (κ2) is 4.22. The summed E-state index contributed by atoms with van der Waals surface area (Å²) in [6.45, 7) is 3.87. The zero-order valence-corrected chi connectivity index (χ0v) is 11.6. The fourth-order valence-electron chi connectivity index (χ4n) is 4.88. The van der Waals surface area contributed by atoms with Crippen molar-refractivity contribution < 1.29 is 4.79 Å². The lowest BCUT2D eigenvalue weighted by atomic mass is 9.53. The third-order valence-corrected chi connectivity index (χ3v) is 5.63. The molecule has 4 bridgehead atoms. The highest BCUT2D eigenvalue weighted by atomic mass is 16.2. The Morgan fingerprint density at radius 2 is 1.56 bits per heavy atom. The molecule has 3 heteroatoms. The van der Waals surface area contributed by atoms with Crippen molar-refractivity contribution in [3.8, 4) is 0 Å². The first-order chi connectivity index (χ1) is 8.47. The van der Waals surface area contributed by atoms with Crippen LogP contribution in [0.5, 0.6) is 0 Å². The lowest BCUT2D eigenvalue weighted by Crippen LogP contribution is -2.61. The van der Waals surface area contributed by atoms with Crippen molar-refractivity contribution in [3.63, 3.8) is 0 Å². The SMILES string of the molecule is CC(N)C(C)C(=O)NC12CC3CC(CC(C3)C1)C2. The molecule has 4 saturated carbocycles. The molecule has 0 heterocycles. The number of carbonyl (C=O) groups excluding carboxylic acids is 1. The van der Waals surface area contributed by atoms with Crippen molar-refractivity contribution in [2.24, 2.45) is 29.4 Å². The first kappa shape index (κ1) is 12.5. The molecular weight excluding hydrogens is 224 g/mol. The molecule has 0 aromatic heterocycles. The van der Waals surface area contributed by atoms with Crippen molar-refractivity contribution in [1.29, 1.82) is 0 Å². The van der Waals surface area contributed by atoms with Gasteiger partial charge in [0.1, 0.15) is 0 Å². The zero-order valence-electron chi connectivity index (χ0n) is 11.6. The van der Waals surface area contributed by atoms with Crippen molar-refractivity contribution >= 4 is 5.91 Å². The van der Waals surface area contributed by atoms with Crippen LogP contribution in [0.2, 0.25) is 0 Å². The number of amides is 1. The van der Waals surface area contributed by atoms with Gasteiger partial charge in [0.2, 0.25) is 5.91 Å². The third-order valence-electron chi connectivity index (χ3n) is 5.63. The van der Waals surface area contributed by atoms with E-state index < -0.39 is 0 Å². The first-order valence-corrected chi connectivity index (χ1v) is 7.55. The Balaban J connectivity index is 1.70. The van der Waals surface area contributed by atoms with E-state index in [0.29, 0.717) is 0 Å². The second-order valence-corrected chi connectivity index (χ2v) is 7.33. The summed E-state index contributed by atoms with van der Waals surface area (Å²) in [7, 11) is 0. The van der Waals surface area contributed by atoms with E-state index in [2.05, 4.69) is 5.32 Å². The summed E-state index contributed by atoms with van der Waals surface area (Å²) in [5.74, 6) is 2.73. The molecular formula is C15H26N2O. The fourth-order valence-corrected chi connectivity index (χ4v) is 4.88. The van der Waals surface area contributed by atoms with Gasteiger partial charge in [0, 0.05) is 17.5 Å². The molecule has 18 heavy (non-hydrogen) atoms. The lowest BCUT2D eigenvalue weighted by molar-refractivity contribution is -0.130. The van der Waals surface area contributed by atoms with E-state index in [-0.39, 0.29) is 23.4 Å². The van der Waals surface area contributed by atoms with Gasteiger partial charge in [-0.3, -0.25) is 4.79 Å². The molecule has 4 rings (SSSR count). The van der Waals surface area contributed by atoms with Crippen LogP contribution in [0.25, 0.3) is 0 Å². The minimum Gasteiger partial charge on any atom is -0.350 e. The predicted molar refractivity (Wildman–Crippen MR) is 71.9 cm³/mol. The van der Waals surface area contributed by atoms with E-state index in [9.17, 15) is 4.79 Å². The van der Waals surface area contributed by atoms with Crippen LogP contribution in [0.15, 0.2) is 0 Å². The van der Waals surface area contributed by atoms with Crippen LogP contribution >= 0.6 is 0 Å². The molecule has 0 aromatic carbocycles. The van der Waals surface area contributed by atoms with E-state index in [1.165, 1.54) is 38.5 Å². The molecule has 2 atom stereocenters. The Kier molecular flexibility index (Phi) is 2.92. The maximum absolute atomic E-state index is 12.3. The molecule has 0 saturated heterocycles. The molecule has 2 unspecified atom stereocenters. The molecule has 1 amide bonds. The van der Waals surface area contributed by atoms with Gasteiger partial charge in [0.15, 0.2) is 0 Å². The molecule has 0 radical (unpaired) electrons. The predicted octanol–water partition coefficient (Wildman–Crippen LogP) is 2.05. The summed E-state index contributed by atoms with van der Waals surface area (Å²) in [6, 6.07) is -0.0566. The number of rotatable bonds is 3. The van der Waals surface area contributed by atoms with Gasteiger partial charge in [-0.15, -0.1) is 0 Å². The Morgan fingerprint density at radius 3 is 1.94 bits per heavy atom. The summed E-state index contributed by atoms with van der Waals surface area (Å²) >= 11 is 0. The average Bonchev–Trinajstić information content (AvgIpc) is 2.24. The highest BCUT2D eigenvalue weighted by Gasteiger charge is 2.51. The Bertz CT molecular complexity index is 315. The topological polar surface area (TPSA) is 55.1 Å². The quantitative estimate of drug-likeness (QED) is 0.805. The Hall–Kier alpha value is -0.570.